The number of methoxy groups -OCH3 is 1. The highest BCUT2D eigenvalue weighted by Crippen LogP contribution is 2.39. The second-order valence-electron chi connectivity index (χ2n) is 4.25. The van der Waals surface area contributed by atoms with Crippen molar-refractivity contribution in [1.82, 2.24) is 4.90 Å². The minimum absolute atomic E-state index is 0.582. The maximum Gasteiger partial charge on any atom is 0.175 e. The lowest BCUT2D eigenvalue weighted by Gasteiger charge is -2.34. The summed E-state index contributed by atoms with van der Waals surface area (Å²) in [5, 5.41) is 10.9. The van der Waals surface area contributed by atoms with Crippen LogP contribution >= 0.6 is 24.0 Å². The number of ether oxygens (including phenoxy) is 1. The fraction of sp³-hybridized carbons (Fsp3) is 0.462. The molecular formula is C13H17NO2S2. The Morgan fingerprint density at radius 1 is 1.44 bits per heavy atom. The molecule has 1 unspecified atom stereocenters. The van der Waals surface area contributed by atoms with E-state index in [2.05, 4.69) is 6.92 Å². The minimum Gasteiger partial charge on any atom is -0.497 e. The van der Waals surface area contributed by atoms with E-state index in [4.69, 9.17) is 17.0 Å². The van der Waals surface area contributed by atoms with Gasteiger partial charge in [0.25, 0.3) is 0 Å². The predicted octanol–water partition coefficient (Wildman–Crippen LogP) is 2.58. The van der Waals surface area contributed by atoms with Crippen molar-refractivity contribution < 1.29 is 9.84 Å². The van der Waals surface area contributed by atoms with Crippen molar-refractivity contribution in [2.45, 2.75) is 19.1 Å². The molecule has 0 aromatic heterocycles. The van der Waals surface area contributed by atoms with Gasteiger partial charge < -0.3 is 14.7 Å². The van der Waals surface area contributed by atoms with E-state index in [1.54, 1.807) is 7.11 Å². The third kappa shape index (κ3) is 2.35. The minimum atomic E-state index is -0.982. The summed E-state index contributed by atoms with van der Waals surface area (Å²) in [7, 11) is 1.63. The number of hydrogen-bond acceptors (Lipinski definition) is 4. The first-order chi connectivity index (χ1) is 8.61. The third-order valence-electron chi connectivity index (χ3n) is 3.06. The zero-order valence-electron chi connectivity index (χ0n) is 10.5. The van der Waals surface area contributed by atoms with Gasteiger partial charge in [-0.25, -0.2) is 0 Å². The van der Waals surface area contributed by atoms with Gasteiger partial charge in [0.1, 0.15) is 10.1 Å². The van der Waals surface area contributed by atoms with Crippen molar-refractivity contribution >= 4 is 28.3 Å². The van der Waals surface area contributed by atoms with Gasteiger partial charge in [-0.05, 0) is 18.6 Å². The van der Waals surface area contributed by atoms with Gasteiger partial charge in [0.15, 0.2) is 5.72 Å². The number of nitrogens with zero attached hydrogens (tertiary/aromatic N) is 1. The van der Waals surface area contributed by atoms with E-state index in [1.807, 2.05) is 29.2 Å². The van der Waals surface area contributed by atoms with Crippen molar-refractivity contribution in [3.05, 3.63) is 29.8 Å². The summed E-state index contributed by atoms with van der Waals surface area (Å²) in [6, 6.07) is 7.53. The Hall–Kier alpha value is -0.780. The van der Waals surface area contributed by atoms with Gasteiger partial charge in [-0.1, -0.05) is 43.0 Å². The first kappa shape index (κ1) is 13.6. The number of rotatable bonds is 4. The van der Waals surface area contributed by atoms with Crippen LogP contribution in [0, 0.1) is 0 Å². The standard InChI is InChI=1S/C13H17NO2S2/c1-3-8-14-12(17)18-9-13(14,15)10-4-6-11(16-2)7-5-10/h4-7,15H,3,8-9H2,1-2H3. The highest BCUT2D eigenvalue weighted by atomic mass is 32.2. The maximum absolute atomic E-state index is 10.9. The Kier molecular flexibility index (Phi) is 4.14. The second-order valence-corrected chi connectivity index (χ2v) is 5.86. The topological polar surface area (TPSA) is 32.7 Å². The van der Waals surface area contributed by atoms with Crippen LogP contribution in [0.3, 0.4) is 0 Å². The molecule has 0 radical (unpaired) electrons. The molecule has 1 aliphatic heterocycles. The number of aliphatic hydroxyl groups is 1. The third-order valence-corrected chi connectivity index (χ3v) is 4.65. The lowest BCUT2D eigenvalue weighted by molar-refractivity contribution is -0.0464. The number of thioether (sulfide) groups is 1. The van der Waals surface area contributed by atoms with Crippen LogP contribution in [-0.2, 0) is 5.72 Å². The SMILES string of the molecule is CCCN1C(=S)SCC1(O)c1ccc(OC)cc1. The number of hydrogen-bond donors (Lipinski definition) is 1. The zero-order chi connectivity index (χ0) is 13.2. The van der Waals surface area contributed by atoms with Crippen LogP contribution in [0.1, 0.15) is 18.9 Å². The summed E-state index contributed by atoms with van der Waals surface area (Å²) in [6.07, 6.45) is 0.958. The van der Waals surface area contributed by atoms with Crippen LogP contribution in [0.25, 0.3) is 0 Å². The Bertz CT molecular complexity index is 435. The van der Waals surface area contributed by atoms with Crippen molar-refractivity contribution in [3.8, 4) is 5.75 Å². The molecule has 0 spiro atoms. The van der Waals surface area contributed by atoms with Gasteiger partial charge in [-0.3, -0.25) is 0 Å². The van der Waals surface area contributed by atoms with Crippen LogP contribution in [-0.4, -0.2) is 33.7 Å². The molecule has 98 valence electrons. The number of benzene rings is 1. The lowest BCUT2D eigenvalue weighted by atomic mass is 10.0. The Morgan fingerprint density at radius 3 is 2.67 bits per heavy atom. The predicted molar refractivity (Wildman–Crippen MR) is 78.9 cm³/mol. The Labute approximate surface area is 117 Å². The molecular weight excluding hydrogens is 266 g/mol. The average molecular weight is 283 g/mol. The van der Waals surface area contributed by atoms with Crippen LogP contribution in [0.15, 0.2) is 24.3 Å². The largest absolute Gasteiger partial charge is 0.497 e. The molecule has 1 saturated heterocycles. The molecule has 0 amide bonds. The molecule has 18 heavy (non-hydrogen) atoms. The highest BCUT2D eigenvalue weighted by Gasteiger charge is 2.43. The summed E-state index contributed by atoms with van der Waals surface area (Å²) in [6.45, 7) is 2.86. The molecule has 1 N–H and O–H groups in total. The Balaban J connectivity index is 2.30. The molecule has 1 atom stereocenters. The van der Waals surface area contributed by atoms with Gasteiger partial charge in [0.2, 0.25) is 0 Å². The van der Waals surface area contributed by atoms with E-state index in [0.717, 1.165) is 28.6 Å². The van der Waals surface area contributed by atoms with Crippen molar-refractivity contribution in [3.63, 3.8) is 0 Å². The van der Waals surface area contributed by atoms with Crippen LogP contribution in [0.2, 0.25) is 0 Å². The van der Waals surface area contributed by atoms with E-state index in [0.29, 0.717) is 5.75 Å². The van der Waals surface area contributed by atoms with Crippen LogP contribution in [0.4, 0.5) is 0 Å². The maximum atomic E-state index is 10.9. The molecule has 0 saturated carbocycles. The first-order valence-electron chi connectivity index (χ1n) is 5.93. The van der Waals surface area contributed by atoms with Gasteiger partial charge in [0, 0.05) is 12.1 Å². The van der Waals surface area contributed by atoms with E-state index >= 15 is 0 Å². The smallest absolute Gasteiger partial charge is 0.175 e. The highest BCUT2D eigenvalue weighted by molar-refractivity contribution is 8.23. The van der Waals surface area contributed by atoms with Crippen LogP contribution < -0.4 is 4.74 Å². The molecule has 3 nitrogen and oxygen atoms in total. The zero-order valence-corrected chi connectivity index (χ0v) is 12.2. The van der Waals surface area contributed by atoms with Gasteiger partial charge in [-0.2, -0.15) is 0 Å². The van der Waals surface area contributed by atoms with Crippen molar-refractivity contribution in [2.75, 3.05) is 19.4 Å². The van der Waals surface area contributed by atoms with E-state index in [9.17, 15) is 5.11 Å². The van der Waals surface area contributed by atoms with Crippen molar-refractivity contribution in [1.29, 1.82) is 0 Å². The fourth-order valence-corrected chi connectivity index (χ4v) is 3.53. The second kappa shape index (κ2) is 5.47. The number of thiocarbonyl (C=S) groups is 1. The molecule has 1 heterocycles. The van der Waals surface area contributed by atoms with E-state index in [-0.39, 0.29) is 0 Å². The quantitative estimate of drug-likeness (QED) is 0.859. The molecule has 0 aliphatic carbocycles. The van der Waals surface area contributed by atoms with E-state index in [1.165, 1.54) is 11.8 Å². The molecule has 2 rings (SSSR count). The van der Waals surface area contributed by atoms with E-state index < -0.39 is 5.72 Å². The first-order valence-corrected chi connectivity index (χ1v) is 7.32. The summed E-state index contributed by atoms with van der Waals surface area (Å²) in [5.74, 6) is 1.37. The average Bonchev–Trinajstić information content (AvgIpc) is 2.69. The monoisotopic (exact) mass is 283 g/mol. The summed E-state index contributed by atoms with van der Waals surface area (Å²) in [4.78, 5) is 1.91. The molecule has 1 aliphatic rings. The van der Waals surface area contributed by atoms with Crippen LogP contribution in [0.5, 0.6) is 5.75 Å². The summed E-state index contributed by atoms with van der Waals surface area (Å²) < 4.78 is 5.91. The fourth-order valence-electron chi connectivity index (χ4n) is 2.07. The molecule has 1 aromatic carbocycles. The van der Waals surface area contributed by atoms with Gasteiger partial charge in [0.05, 0.1) is 12.9 Å². The van der Waals surface area contributed by atoms with Gasteiger partial charge >= 0.3 is 0 Å². The summed E-state index contributed by atoms with van der Waals surface area (Å²) >= 11 is 6.84. The normalized spacial score (nSPS) is 23.5. The lowest BCUT2D eigenvalue weighted by Crippen LogP contribution is -2.44. The molecule has 1 aromatic rings. The molecule has 1 fully saturated rings. The Morgan fingerprint density at radius 2 is 2.11 bits per heavy atom. The molecule has 5 heteroatoms. The molecule has 0 bridgehead atoms. The van der Waals surface area contributed by atoms with Crippen molar-refractivity contribution in [2.24, 2.45) is 0 Å². The summed E-state index contributed by atoms with van der Waals surface area (Å²) in [5.41, 5.74) is -0.117. The van der Waals surface area contributed by atoms with Gasteiger partial charge in [-0.15, -0.1) is 0 Å².